The molecule has 6 heteroatoms. The van der Waals surface area contributed by atoms with E-state index in [-0.39, 0.29) is 5.91 Å². The van der Waals surface area contributed by atoms with Gasteiger partial charge in [-0.05, 0) is 23.8 Å². The lowest BCUT2D eigenvalue weighted by Crippen LogP contribution is -2.12. The van der Waals surface area contributed by atoms with Gasteiger partial charge in [0.1, 0.15) is 12.6 Å². The number of fused-ring (bicyclic) bond motifs is 1. The quantitative estimate of drug-likeness (QED) is 0.618. The molecular weight excluding hydrogens is 344 g/mol. The van der Waals surface area contributed by atoms with E-state index >= 15 is 0 Å². The van der Waals surface area contributed by atoms with Gasteiger partial charge in [-0.15, -0.1) is 0 Å². The van der Waals surface area contributed by atoms with Crippen molar-refractivity contribution in [2.24, 2.45) is 0 Å². The first-order valence-electron chi connectivity index (χ1n) is 8.76. The molecular formula is C21H24N2O4. The zero-order chi connectivity index (χ0) is 19.2. The van der Waals surface area contributed by atoms with Crippen molar-refractivity contribution in [2.45, 2.75) is 13.5 Å². The smallest absolute Gasteiger partial charge is 0.221 e. The Hall–Kier alpha value is -2.83. The van der Waals surface area contributed by atoms with Gasteiger partial charge < -0.3 is 19.6 Å². The molecule has 0 fully saturated rings. The van der Waals surface area contributed by atoms with E-state index in [0.29, 0.717) is 25.5 Å². The summed E-state index contributed by atoms with van der Waals surface area (Å²) in [5.74, 6) is -0.140. The molecule has 27 heavy (non-hydrogen) atoms. The van der Waals surface area contributed by atoms with Gasteiger partial charge in [0.05, 0.1) is 31.2 Å². The number of rotatable bonds is 8. The number of carbonyl (C=O) groups is 1. The third-order valence-corrected chi connectivity index (χ3v) is 4.18. The van der Waals surface area contributed by atoms with E-state index in [1.54, 1.807) is 19.0 Å². The van der Waals surface area contributed by atoms with Gasteiger partial charge in [-0.2, -0.15) is 4.73 Å². The Balaban J connectivity index is 2.08. The number of anilines is 1. The van der Waals surface area contributed by atoms with Gasteiger partial charge in [0.2, 0.25) is 5.91 Å². The van der Waals surface area contributed by atoms with Crippen LogP contribution in [0.1, 0.15) is 12.5 Å². The van der Waals surface area contributed by atoms with Crippen molar-refractivity contribution in [2.75, 3.05) is 32.8 Å². The summed E-state index contributed by atoms with van der Waals surface area (Å²) in [6, 6.07) is 16.0. The highest BCUT2D eigenvalue weighted by Crippen LogP contribution is 2.33. The Bertz CT molecular complexity index is 919. The van der Waals surface area contributed by atoms with E-state index in [4.69, 9.17) is 14.3 Å². The molecule has 0 spiro atoms. The predicted molar refractivity (Wildman–Crippen MR) is 106 cm³/mol. The van der Waals surface area contributed by atoms with Crippen LogP contribution in [-0.4, -0.2) is 38.1 Å². The molecule has 6 nitrogen and oxygen atoms in total. The van der Waals surface area contributed by atoms with Crippen LogP contribution in [0.2, 0.25) is 0 Å². The second kappa shape index (κ2) is 8.70. The second-order valence-electron chi connectivity index (χ2n) is 6.18. The summed E-state index contributed by atoms with van der Waals surface area (Å²) < 4.78 is 12.4. The summed E-state index contributed by atoms with van der Waals surface area (Å²) in [5.41, 5.74) is 4.41. The molecule has 0 aliphatic heterocycles. The van der Waals surface area contributed by atoms with Gasteiger partial charge in [0, 0.05) is 25.0 Å². The van der Waals surface area contributed by atoms with Crippen molar-refractivity contribution in [1.29, 1.82) is 0 Å². The summed E-state index contributed by atoms with van der Waals surface area (Å²) in [5, 5.41) is 3.87. The van der Waals surface area contributed by atoms with Crippen LogP contribution in [0.3, 0.4) is 0 Å². The molecule has 0 aliphatic rings. The normalized spacial score (nSPS) is 10.9. The Labute approximate surface area is 158 Å². The molecule has 142 valence electrons. The topological polar surface area (TPSA) is 61.7 Å². The van der Waals surface area contributed by atoms with Crippen molar-refractivity contribution in [3.63, 3.8) is 0 Å². The highest BCUT2D eigenvalue weighted by molar-refractivity contribution is 6.02. The van der Waals surface area contributed by atoms with Crippen LogP contribution >= 0.6 is 0 Å². The third-order valence-electron chi connectivity index (χ3n) is 4.18. The summed E-state index contributed by atoms with van der Waals surface area (Å²) in [6.45, 7) is 2.98. The molecule has 0 radical (unpaired) electrons. The van der Waals surface area contributed by atoms with Crippen LogP contribution in [0.15, 0.2) is 48.5 Å². The monoisotopic (exact) mass is 368 g/mol. The van der Waals surface area contributed by atoms with Crippen LogP contribution in [0.5, 0.6) is 0 Å². The average Bonchev–Trinajstić information content (AvgIpc) is 3.04. The van der Waals surface area contributed by atoms with Crippen molar-refractivity contribution in [3.05, 3.63) is 54.1 Å². The van der Waals surface area contributed by atoms with Crippen molar-refractivity contribution in [1.82, 2.24) is 4.73 Å². The molecule has 0 saturated carbocycles. The number of amides is 1. The highest BCUT2D eigenvalue weighted by Gasteiger charge is 2.16. The average molecular weight is 368 g/mol. The maximum absolute atomic E-state index is 11.7. The predicted octanol–water partition coefficient (Wildman–Crippen LogP) is 3.49. The van der Waals surface area contributed by atoms with E-state index in [1.165, 1.54) is 6.92 Å². The Kier molecular flexibility index (Phi) is 6.11. The third kappa shape index (κ3) is 4.30. The summed E-state index contributed by atoms with van der Waals surface area (Å²) in [4.78, 5) is 17.4. The van der Waals surface area contributed by atoms with E-state index in [9.17, 15) is 4.79 Å². The molecule has 3 aromatic rings. The minimum absolute atomic E-state index is 0.140. The minimum atomic E-state index is -0.140. The number of benzene rings is 2. The number of nitrogens with one attached hydrogen (secondary N) is 1. The van der Waals surface area contributed by atoms with Crippen LogP contribution in [0.4, 0.5) is 5.69 Å². The zero-order valence-corrected chi connectivity index (χ0v) is 15.8. The van der Waals surface area contributed by atoms with Crippen molar-refractivity contribution in [3.8, 4) is 11.3 Å². The van der Waals surface area contributed by atoms with Gasteiger partial charge in [0.25, 0.3) is 0 Å². The molecule has 1 heterocycles. The number of methoxy groups -OCH3 is 1. The van der Waals surface area contributed by atoms with E-state index in [1.807, 2.05) is 36.4 Å². The number of hydrogen-bond donors (Lipinski definition) is 1. The zero-order valence-electron chi connectivity index (χ0n) is 15.8. The highest BCUT2D eigenvalue weighted by atomic mass is 16.6. The first kappa shape index (κ1) is 18.9. The number of aromatic nitrogens is 1. The van der Waals surface area contributed by atoms with Crippen molar-refractivity contribution < 1.29 is 19.1 Å². The standard InChI is InChI=1S/C21H24N2O4/c1-15(24)22-19-12-16(14-27-10-9-25-2)11-18-13-20(23(26-3)21(18)19)17-7-5-4-6-8-17/h4-8,11-13H,9-10,14H2,1-3H3,(H,22,24). The molecule has 0 aliphatic carbocycles. The summed E-state index contributed by atoms with van der Waals surface area (Å²) >= 11 is 0. The van der Waals surface area contributed by atoms with Crippen LogP contribution in [0.25, 0.3) is 22.2 Å². The summed E-state index contributed by atoms with van der Waals surface area (Å²) in [6.07, 6.45) is 0. The maximum Gasteiger partial charge on any atom is 0.221 e. The largest absolute Gasteiger partial charge is 0.416 e. The van der Waals surface area contributed by atoms with Gasteiger partial charge >= 0.3 is 0 Å². The fourth-order valence-corrected chi connectivity index (χ4v) is 3.08. The first-order valence-corrected chi connectivity index (χ1v) is 8.76. The number of ether oxygens (including phenoxy) is 2. The maximum atomic E-state index is 11.7. The van der Waals surface area contributed by atoms with Gasteiger partial charge in [-0.1, -0.05) is 30.3 Å². The van der Waals surface area contributed by atoms with Gasteiger partial charge in [-0.3, -0.25) is 4.79 Å². The fraction of sp³-hybridized carbons (Fsp3) is 0.286. The van der Waals surface area contributed by atoms with Crippen LogP contribution in [-0.2, 0) is 20.9 Å². The van der Waals surface area contributed by atoms with Crippen molar-refractivity contribution >= 4 is 22.5 Å². The number of nitrogens with zero attached hydrogens (tertiary/aromatic N) is 1. The second-order valence-corrected chi connectivity index (χ2v) is 6.18. The Morgan fingerprint density at radius 1 is 1.07 bits per heavy atom. The molecule has 0 bridgehead atoms. The lowest BCUT2D eigenvalue weighted by atomic mass is 10.1. The molecule has 0 saturated heterocycles. The van der Waals surface area contributed by atoms with Gasteiger partial charge in [-0.25, -0.2) is 0 Å². The van der Waals surface area contributed by atoms with E-state index in [0.717, 1.165) is 27.7 Å². The van der Waals surface area contributed by atoms with E-state index in [2.05, 4.69) is 17.4 Å². The fourth-order valence-electron chi connectivity index (χ4n) is 3.08. The lowest BCUT2D eigenvalue weighted by Gasteiger charge is -2.13. The lowest BCUT2D eigenvalue weighted by molar-refractivity contribution is -0.114. The molecule has 0 atom stereocenters. The number of carbonyl (C=O) groups excluding carboxylic acids is 1. The molecule has 1 N–H and O–H groups in total. The van der Waals surface area contributed by atoms with E-state index < -0.39 is 0 Å². The summed E-state index contributed by atoms with van der Waals surface area (Å²) in [7, 11) is 3.26. The molecule has 0 unspecified atom stereocenters. The first-order chi connectivity index (χ1) is 13.1. The number of hydrogen-bond acceptors (Lipinski definition) is 4. The van der Waals surface area contributed by atoms with Crippen LogP contribution in [0, 0.1) is 0 Å². The SMILES string of the molecule is COCCOCc1cc(NC(C)=O)c2c(c1)cc(-c1ccccc1)n2OC. The molecule has 3 rings (SSSR count). The molecule has 2 aromatic carbocycles. The molecule has 1 aromatic heterocycles. The molecule has 1 amide bonds. The Morgan fingerprint density at radius 3 is 2.52 bits per heavy atom. The van der Waals surface area contributed by atoms with Crippen LogP contribution < -0.4 is 10.2 Å². The Morgan fingerprint density at radius 2 is 1.85 bits per heavy atom. The minimum Gasteiger partial charge on any atom is -0.416 e. The van der Waals surface area contributed by atoms with Gasteiger partial charge in [0.15, 0.2) is 0 Å².